The summed E-state index contributed by atoms with van der Waals surface area (Å²) in [5, 5.41) is 2.77. The van der Waals surface area contributed by atoms with Crippen molar-refractivity contribution < 1.29 is 4.43 Å². The van der Waals surface area contributed by atoms with E-state index in [0.717, 1.165) is 13.0 Å². The Morgan fingerprint density at radius 3 is 1.88 bits per heavy atom. The molecule has 0 heterocycles. The molecule has 0 N–H and O–H groups in total. The van der Waals surface area contributed by atoms with E-state index in [1.807, 2.05) is 0 Å². The van der Waals surface area contributed by atoms with Gasteiger partial charge in [0.1, 0.15) is 0 Å². The molecule has 0 bridgehead atoms. The largest absolute Gasteiger partial charge is 0.407 e. The van der Waals surface area contributed by atoms with Crippen molar-refractivity contribution in [3.63, 3.8) is 0 Å². The average molecular weight is 401 g/mol. The van der Waals surface area contributed by atoms with Crippen LogP contribution in [-0.4, -0.2) is 14.9 Å². The first-order chi connectivity index (χ1) is 11.5. The highest BCUT2D eigenvalue weighted by molar-refractivity contribution is 9.11. The van der Waals surface area contributed by atoms with Gasteiger partial charge in [0.2, 0.25) is 0 Å². The second kappa shape index (κ2) is 6.99. The van der Waals surface area contributed by atoms with E-state index >= 15 is 0 Å². The number of halogens is 1. The van der Waals surface area contributed by atoms with Gasteiger partial charge in [-0.05, 0) is 26.8 Å². The van der Waals surface area contributed by atoms with Crippen molar-refractivity contribution in [1.82, 2.24) is 0 Å². The maximum atomic E-state index is 6.90. The molecule has 0 saturated heterocycles. The van der Waals surface area contributed by atoms with E-state index in [1.54, 1.807) is 0 Å². The van der Waals surface area contributed by atoms with Crippen LogP contribution >= 0.6 is 15.9 Å². The van der Waals surface area contributed by atoms with Crippen molar-refractivity contribution in [2.45, 2.75) is 32.2 Å². The Morgan fingerprint density at radius 2 is 1.50 bits per heavy atom. The lowest BCUT2D eigenvalue weighted by Crippen LogP contribution is -2.66. The van der Waals surface area contributed by atoms with Gasteiger partial charge in [-0.3, -0.25) is 0 Å². The minimum absolute atomic E-state index is 0.0584. The third-order valence-electron chi connectivity index (χ3n) is 4.90. The van der Waals surface area contributed by atoms with Gasteiger partial charge < -0.3 is 4.43 Å². The zero-order valence-corrected chi connectivity index (χ0v) is 17.2. The van der Waals surface area contributed by atoms with E-state index in [9.17, 15) is 0 Å². The summed E-state index contributed by atoms with van der Waals surface area (Å²) in [5.74, 6) is 0.575. The number of rotatable bonds is 5. The fraction of sp³-hybridized carbons (Fsp3) is 0.333. The van der Waals surface area contributed by atoms with Crippen LogP contribution in [0.15, 0.2) is 71.2 Å². The monoisotopic (exact) mass is 400 g/mol. The molecule has 0 amide bonds. The molecule has 0 radical (unpaired) electrons. The highest BCUT2D eigenvalue weighted by atomic mass is 79.9. The van der Waals surface area contributed by atoms with Gasteiger partial charge in [-0.1, -0.05) is 103 Å². The molecule has 24 heavy (non-hydrogen) atoms. The van der Waals surface area contributed by atoms with E-state index in [0.29, 0.717) is 5.92 Å². The van der Waals surface area contributed by atoms with E-state index in [4.69, 9.17) is 4.43 Å². The third-order valence-corrected chi connectivity index (χ3v) is 10.5. The smallest absolute Gasteiger partial charge is 0.261 e. The van der Waals surface area contributed by atoms with Crippen LogP contribution in [0, 0.1) is 5.92 Å². The molecule has 1 fully saturated rings. The van der Waals surface area contributed by atoms with Gasteiger partial charge in [-0.25, -0.2) is 0 Å². The summed E-state index contributed by atoms with van der Waals surface area (Å²) in [4.78, 5) is 2.06. The van der Waals surface area contributed by atoms with E-state index in [1.165, 1.54) is 15.9 Å². The van der Waals surface area contributed by atoms with Gasteiger partial charge in [-0.15, -0.1) is 0 Å². The predicted molar refractivity (Wildman–Crippen MR) is 109 cm³/mol. The molecule has 0 spiro atoms. The summed E-state index contributed by atoms with van der Waals surface area (Å²) in [6.07, 6.45) is 1.16. The fourth-order valence-corrected chi connectivity index (χ4v) is 8.68. The first-order valence-corrected chi connectivity index (χ1v) is 11.4. The van der Waals surface area contributed by atoms with Crippen LogP contribution in [0.5, 0.6) is 0 Å². The Morgan fingerprint density at radius 1 is 1.00 bits per heavy atom. The molecular formula is C21H25BrOSi. The first-order valence-electron chi connectivity index (χ1n) is 8.53. The van der Waals surface area contributed by atoms with Gasteiger partial charge in [-0.2, -0.15) is 0 Å². The van der Waals surface area contributed by atoms with Crippen molar-refractivity contribution in [2.24, 2.45) is 5.92 Å². The van der Waals surface area contributed by atoms with Crippen LogP contribution in [0.3, 0.4) is 0 Å². The third kappa shape index (κ3) is 3.30. The highest BCUT2D eigenvalue weighted by Gasteiger charge is 2.51. The topological polar surface area (TPSA) is 9.23 Å². The molecule has 2 aromatic carbocycles. The van der Waals surface area contributed by atoms with Crippen molar-refractivity contribution in [3.8, 4) is 0 Å². The summed E-state index contributed by atoms with van der Waals surface area (Å²) < 4.78 is 6.90. The Kier molecular flexibility index (Phi) is 5.14. The normalized spacial score (nSPS) is 19.5. The highest BCUT2D eigenvalue weighted by Crippen LogP contribution is 2.42. The number of benzene rings is 2. The number of hydrogen-bond donors (Lipinski definition) is 0. The minimum Gasteiger partial charge on any atom is -0.407 e. The average Bonchev–Trinajstić information content (AvgIpc) is 3.35. The van der Waals surface area contributed by atoms with E-state index in [-0.39, 0.29) is 5.04 Å². The maximum Gasteiger partial charge on any atom is 0.261 e. The molecule has 1 saturated carbocycles. The zero-order chi connectivity index (χ0) is 17.2. The van der Waals surface area contributed by atoms with Crippen LogP contribution in [0.2, 0.25) is 5.04 Å². The Balaban J connectivity index is 2.07. The molecule has 3 heteroatoms. The quantitative estimate of drug-likeness (QED) is 0.650. The lowest BCUT2D eigenvalue weighted by atomic mass is 10.2. The van der Waals surface area contributed by atoms with E-state index < -0.39 is 8.32 Å². The second-order valence-electron chi connectivity index (χ2n) is 7.56. The Bertz CT molecular complexity index is 664. The van der Waals surface area contributed by atoms with Crippen LogP contribution in [-0.2, 0) is 4.43 Å². The lowest BCUT2D eigenvalue weighted by molar-refractivity contribution is 0.285. The van der Waals surface area contributed by atoms with Gasteiger partial charge in [0.05, 0.1) is 0 Å². The van der Waals surface area contributed by atoms with Crippen LogP contribution in [0.1, 0.15) is 27.2 Å². The summed E-state index contributed by atoms with van der Waals surface area (Å²) in [6, 6.07) is 21.7. The molecule has 1 aliphatic carbocycles. The summed E-state index contributed by atoms with van der Waals surface area (Å²) in [6.45, 7) is 7.79. The molecule has 2 aromatic rings. The molecule has 0 aliphatic heterocycles. The van der Waals surface area contributed by atoms with Crippen molar-refractivity contribution in [3.05, 3.63) is 71.2 Å². The first kappa shape index (κ1) is 17.7. The predicted octanol–water partition coefficient (Wildman–Crippen LogP) is 4.86. The molecule has 1 atom stereocenters. The second-order valence-corrected chi connectivity index (χ2v) is 12.3. The number of hydrogen-bond acceptors (Lipinski definition) is 1. The molecule has 3 rings (SSSR count). The van der Waals surface area contributed by atoms with Crippen LogP contribution in [0.25, 0.3) is 0 Å². The van der Waals surface area contributed by atoms with Crippen LogP contribution < -0.4 is 10.4 Å². The Labute approximate surface area is 155 Å². The van der Waals surface area contributed by atoms with Crippen molar-refractivity contribution in [2.75, 3.05) is 6.61 Å². The van der Waals surface area contributed by atoms with Crippen molar-refractivity contribution in [1.29, 1.82) is 0 Å². The fourth-order valence-electron chi connectivity index (χ4n) is 3.51. The molecule has 0 aromatic heterocycles. The molecule has 1 nitrogen and oxygen atoms in total. The maximum absolute atomic E-state index is 6.90. The molecule has 126 valence electrons. The summed E-state index contributed by atoms with van der Waals surface area (Å²) in [5.41, 5.74) is 1.47. The van der Waals surface area contributed by atoms with Crippen LogP contribution in [0.4, 0.5) is 0 Å². The SMILES string of the molecule is CC(C)(C)[Si](OC[C@H]1C/C1=C\Br)(c1ccccc1)c1ccccc1. The van der Waals surface area contributed by atoms with Gasteiger partial charge >= 0.3 is 0 Å². The van der Waals surface area contributed by atoms with Gasteiger partial charge in [0.15, 0.2) is 0 Å². The van der Waals surface area contributed by atoms with Crippen molar-refractivity contribution >= 4 is 34.6 Å². The summed E-state index contributed by atoms with van der Waals surface area (Å²) >= 11 is 3.46. The summed E-state index contributed by atoms with van der Waals surface area (Å²) in [7, 11) is -2.36. The van der Waals surface area contributed by atoms with Gasteiger partial charge in [0, 0.05) is 12.5 Å². The lowest BCUT2D eigenvalue weighted by Gasteiger charge is -2.43. The van der Waals surface area contributed by atoms with Gasteiger partial charge in [0.25, 0.3) is 8.32 Å². The standard InChI is InChI=1S/C21H25BrOSi/c1-21(2,3)24(19-10-6-4-7-11-19,20-12-8-5-9-13-20)23-16-18-14-17(18)15-22/h4-13,15,18H,14,16H2,1-3H3/b17-15+/t18-/m1/s1. The zero-order valence-electron chi connectivity index (χ0n) is 14.6. The molecule has 1 aliphatic rings. The Hall–Kier alpha value is -1.16. The molecular weight excluding hydrogens is 376 g/mol. The van der Waals surface area contributed by atoms with E-state index in [2.05, 4.69) is 102 Å². The minimum atomic E-state index is -2.36. The molecule has 0 unspecified atom stereocenters.